The zero-order valence-corrected chi connectivity index (χ0v) is 11.8. The molecule has 1 aliphatic rings. The molecule has 20 heavy (non-hydrogen) atoms. The predicted octanol–water partition coefficient (Wildman–Crippen LogP) is 2.92. The number of nitrogens with one attached hydrogen (secondary N) is 1. The Morgan fingerprint density at radius 2 is 1.95 bits per heavy atom. The van der Waals surface area contributed by atoms with Crippen molar-refractivity contribution >= 4 is 0 Å². The van der Waals surface area contributed by atoms with E-state index in [0.29, 0.717) is 13.2 Å². The van der Waals surface area contributed by atoms with Crippen molar-refractivity contribution in [2.75, 3.05) is 20.3 Å². The summed E-state index contributed by atoms with van der Waals surface area (Å²) in [5.74, 6) is 2.65. The van der Waals surface area contributed by atoms with Gasteiger partial charge in [-0.25, -0.2) is 0 Å². The van der Waals surface area contributed by atoms with E-state index in [-0.39, 0.29) is 6.04 Å². The molecular weight excluding hydrogens is 254 g/mol. The van der Waals surface area contributed by atoms with Crippen LogP contribution in [-0.4, -0.2) is 20.3 Å². The van der Waals surface area contributed by atoms with Crippen LogP contribution in [0.2, 0.25) is 0 Å². The van der Waals surface area contributed by atoms with Gasteiger partial charge >= 0.3 is 0 Å². The van der Waals surface area contributed by atoms with E-state index in [1.807, 2.05) is 25.2 Å². The molecule has 1 unspecified atom stereocenters. The van der Waals surface area contributed by atoms with Crippen LogP contribution in [0.5, 0.6) is 11.5 Å². The van der Waals surface area contributed by atoms with Crippen LogP contribution < -0.4 is 14.8 Å². The normalized spacial score (nSPS) is 15.1. The first-order valence-electron chi connectivity index (χ1n) is 6.96. The first-order valence-corrected chi connectivity index (χ1v) is 6.96. The van der Waals surface area contributed by atoms with E-state index in [9.17, 15) is 0 Å². The molecule has 2 heterocycles. The fraction of sp³-hybridized carbons (Fsp3) is 0.375. The third kappa shape index (κ3) is 2.27. The van der Waals surface area contributed by atoms with Crippen LogP contribution in [0.15, 0.2) is 34.9 Å². The van der Waals surface area contributed by atoms with E-state index in [1.165, 1.54) is 5.56 Å². The molecule has 1 atom stereocenters. The summed E-state index contributed by atoms with van der Waals surface area (Å²) >= 11 is 0. The van der Waals surface area contributed by atoms with Crippen molar-refractivity contribution in [3.05, 3.63) is 47.4 Å². The van der Waals surface area contributed by atoms with Gasteiger partial charge in [-0.05, 0) is 30.8 Å². The number of rotatable bonds is 4. The summed E-state index contributed by atoms with van der Waals surface area (Å²) in [6.07, 6.45) is 2.63. The molecule has 0 saturated carbocycles. The number of benzene rings is 1. The highest BCUT2D eigenvalue weighted by Crippen LogP contribution is 2.35. The Bertz CT molecular complexity index is 591. The molecule has 1 aromatic carbocycles. The number of fused-ring (bicyclic) bond motifs is 1. The van der Waals surface area contributed by atoms with Crippen LogP contribution in [0, 0.1) is 0 Å². The van der Waals surface area contributed by atoms with Crippen molar-refractivity contribution in [1.82, 2.24) is 5.32 Å². The fourth-order valence-corrected chi connectivity index (χ4v) is 2.64. The zero-order chi connectivity index (χ0) is 13.9. The van der Waals surface area contributed by atoms with Gasteiger partial charge in [0.1, 0.15) is 19.0 Å². The number of hydrogen-bond donors (Lipinski definition) is 1. The monoisotopic (exact) mass is 273 g/mol. The van der Waals surface area contributed by atoms with Gasteiger partial charge in [0.05, 0.1) is 12.3 Å². The standard InChI is InChI=1S/C16H19NO3/c1-3-13-12(6-7-18-13)16(17-2)11-4-5-14-15(10-11)20-9-8-19-14/h4-7,10,16-17H,3,8-9H2,1-2H3. The Balaban J connectivity index is 1.97. The highest BCUT2D eigenvalue weighted by Gasteiger charge is 2.20. The maximum Gasteiger partial charge on any atom is 0.161 e. The molecule has 1 aromatic heterocycles. The molecule has 106 valence electrons. The Hall–Kier alpha value is -1.94. The number of furan rings is 1. The summed E-state index contributed by atoms with van der Waals surface area (Å²) in [4.78, 5) is 0. The summed E-state index contributed by atoms with van der Waals surface area (Å²) < 4.78 is 16.8. The largest absolute Gasteiger partial charge is 0.486 e. The van der Waals surface area contributed by atoms with Gasteiger partial charge in [-0.1, -0.05) is 13.0 Å². The number of aryl methyl sites for hydroxylation is 1. The van der Waals surface area contributed by atoms with Crippen LogP contribution in [0.1, 0.15) is 29.9 Å². The molecule has 0 radical (unpaired) electrons. The molecule has 2 aromatic rings. The molecule has 0 aliphatic carbocycles. The molecule has 0 bridgehead atoms. The van der Waals surface area contributed by atoms with E-state index >= 15 is 0 Å². The van der Waals surface area contributed by atoms with Gasteiger partial charge in [-0.2, -0.15) is 0 Å². The van der Waals surface area contributed by atoms with Crippen LogP contribution in [0.3, 0.4) is 0 Å². The van der Waals surface area contributed by atoms with Gasteiger partial charge in [-0.3, -0.25) is 0 Å². The van der Waals surface area contributed by atoms with E-state index in [0.717, 1.165) is 29.2 Å². The summed E-state index contributed by atoms with van der Waals surface area (Å²) in [5, 5.41) is 3.35. The van der Waals surface area contributed by atoms with Crippen molar-refractivity contribution in [2.24, 2.45) is 0 Å². The summed E-state index contributed by atoms with van der Waals surface area (Å²) in [7, 11) is 1.95. The highest BCUT2D eigenvalue weighted by atomic mass is 16.6. The van der Waals surface area contributed by atoms with Gasteiger partial charge in [0.2, 0.25) is 0 Å². The van der Waals surface area contributed by atoms with Gasteiger partial charge in [0.15, 0.2) is 11.5 Å². The Morgan fingerprint density at radius 3 is 2.70 bits per heavy atom. The second-order valence-electron chi connectivity index (χ2n) is 4.78. The number of ether oxygens (including phenoxy) is 2. The van der Waals surface area contributed by atoms with E-state index in [2.05, 4.69) is 18.3 Å². The molecule has 1 N–H and O–H groups in total. The smallest absolute Gasteiger partial charge is 0.161 e. The topological polar surface area (TPSA) is 43.6 Å². The maximum atomic E-state index is 5.66. The van der Waals surface area contributed by atoms with Crippen molar-refractivity contribution in [3.8, 4) is 11.5 Å². The minimum absolute atomic E-state index is 0.0968. The maximum absolute atomic E-state index is 5.66. The zero-order valence-electron chi connectivity index (χ0n) is 11.8. The van der Waals surface area contributed by atoms with Crippen LogP contribution >= 0.6 is 0 Å². The first kappa shape index (κ1) is 13.1. The number of hydrogen-bond acceptors (Lipinski definition) is 4. The van der Waals surface area contributed by atoms with Crippen LogP contribution in [-0.2, 0) is 6.42 Å². The lowest BCUT2D eigenvalue weighted by molar-refractivity contribution is 0.171. The second kappa shape index (κ2) is 5.59. The molecule has 1 aliphatic heterocycles. The highest BCUT2D eigenvalue weighted by molar-refractivity contribution is 5.46. The van der Waals surface area contributed by atoms with Gasteiger partial charge in [-0.15, -0.1) is 0 Å². The average molecular weight is 273 g/mol. The van der Waals surface area contributed by atoms with Crippen molar-refractivity contribution < 1.29 is 13.9 Å². The van der Waals surface area contributed by atoms with Crippen molar-refractivity contribution in [2.45, 2.75) is 19.4 Å². The molecule has 0 saturated heterocycles. The lowest BCUT2D eigenvalue weighted by Gasteiger charge is -2.22. The molecule has 4 heteroatoms. The third-order valence-corrected chi connectivity index (χ3v) is 3.60. The van der Waals surface area contributed by atoms with Gasteiger partial charge in [0, 0.05) is 12.0 Å². The summed E-state index contributed by atoms with van der Waals surface area (Å²) in [6.45, 7) is 3.31. The second-order valence-corrected chi connectivity index (χ2v) is 4.78. The average Bonchev–Trinajstić information content (AvgIpc) is 2.96. The predicted molar refractivity (Wildman–Crippen MR) is 76.4 cm³/mol. The van der Waals surface area contributed by atoms with Crippen LogP contribution in [0.25, 0.3) is 0 Å². The third-order valence-electron chi connectivity index (χ3n) is 3.60. The van der Waals surface area contributed by atoms with E-state index in [1.54, 1.807) is 6.26 Å². The molecular formula is C16H19NO3. The Kier molecular flexibility index (Phi) is 3.65. The molecule has 0 amide bonds. The van der Waals surface area contributed by atoms with Gasteiger partial charge < -0.3 is 19.2 Å². The molecule has 4 nitrogen and oxygen atoms in total. The molecule has 0 spiro atoms. The first-order chi connectivity index (χ1) is 9.83. The fourth-order valence-electron chi connectivity index (χ4n) is 2.64. The Morgan fingerprint density at radius 1 is 1.15 bits per heavy atom. The SMILES string of the molecule is CCc1occc1C(NC)c1ccc2c(c1)OCCO2. The van der Waals surface area contributed by atoms with E-state index in [4.69, 9.17) is 13.9 Å². The Labute approximate surface area is 118 Å². The molecule has 0 fully saturated rings. The van der Waals surface area contributed by atoms with Crippen molar-refractivity contribution in [1.29, 1.82) is 0 Å². The minimum Gasteiger partial charge on any atom is -0.486 e. The summed E-state index contributed by atoms with van der Waals surface area (Å²) in [6, 6.07) is 8.21. The lowest BCUT2D eigenvalue weighted by atomic mass is 9.98. The minimum atomic E-state index is 0.0968. The van der Waals surface area contributed by atoms with Crippen molar-refractivity contribution in [3.63, 3.8) is 0 Å². The summed E-state index contributed by atoms with van der Waals surface area (Å²) in [5.41, 5.74) is 2.32. The van der Waals surface area contributed by atoms with Crippen LogP contribution in [0.4, 0.5) is 0 Å². The molecule has 3 rings (SSSR count). The van der Waals surface area contributed by atoms with E-state index < -0.39 is 0 Å². The lowest BCUT2D eigenvalue weighted by Crippen LogP contribution is -2.20. The van der Waals surface area contributed by atoms with Gasteiger partial charge in [0.25, 0.3) is 0 Å². The quantitative estimate of drug-likeness (QED) is 0.930.